The van der Waals surface area contributed by atoms with E-state index in [9.17, 15) is 0 Å². The van der Waals surface area contributed by atoms with E-state index in [1.54, 1.807) is 7.11 Å². The van der Waals surface area contributed by atoms with Gasteiger partial charge in [-0.15, -0.1) is 0 Å². The minimum Gasteiger partial charge on any atom is -0.497 e. The number of rotatable bonds is 8. The van der Waals surface area contributed by atoms with E-state index < -0.39 is 0 Å². The molecule has 2 rings (SSSR count). The van der Waals surface area contributed by atoms with Gasteiger partial charge in [-0.1, -0.05) is 26.0 Å². The molecule has 2 N–H and O–H groups in total. The van der Waals surface area contributed by atoms with Crippen molar-refractivity contribution in [1.82, 2.24) is 20.4 Å². The number of guanidine groups is 1. The second-order valence-corrected chi connectivity index (χ2v) is 6.10. The lowest BCUT2D eigenvalue weighted by Gasteiger charge is -2.12. The van der Waals surface area contributed by atoms with Crippen LogP contribution in [0.3, 0.4) is 0 Å². The molecule has 1 aromatic heterocycles. The first-order valence-electron chi connectivity index (χ1n) is 9.31. The molecule has 6 heteroatoms. The first-order chi connectivity index (χ1) is 12.6. The summed E-state index contributed by atoms with van der Waals surface area (Å²) in [7, 11) is 3.69. The van der Waals surface area contributed by atoms with Crippen molar-refractivity contribution in [3.05, 3.63) is 46.8 Å². The number of hydrogen-bond donors (Lipinski definition) is 2. The van der Waals surface area contributed by atoms with Gasteiger partial charge in [0.25, 0.3) is 0 Å². The number of nitrogens with one attached hydrogen (secondary N) is 2. The quantitative estimate of drug-likeness (QED) is 0.563. The molecule has 0 fully saturated rings. The van der Waals surface area contributed by atoms with Crippen LogP contribution < -0.4 is 15.4 Å². The molecule has 0 aliphatic carbocycles. The van der Waals surface area contributed by atoms with E-state index >= 15 is 0 Å². The van der Waals surface area contributed by atoms with Crippen LogP contribution in [0.25, 0.3) is 0 Å². The number of ether oxygens (including phenoxy) is 1. The van der Waals surface area contributed by atoms with Gasteiger partial charge in [-0.3, -0.25) is 4.68 Å². The van der Waals surface area contributed by atoms with Crippen LogP contribution in [-0.4, -0.2) is 29.4 Å². The van der Waals surface area contributed by atoms with Crippen LogP contribution in [0.15, 0.2) is 29.3 Å². The lowest BCUT2D eigenvalue weighted by Crippen LogP contribution is -2.37. The van der Waals surface area contributed by atoms with Crippen molar-refractivity contribution in [2.75, 3.05) is 13.7 Å². The van der Waals surface area contributed by atoms with Crippen LogP contribution >= 0.6 is 0 Å². The van der Waals surface area contributed by atoms with Crippen LogP contribution in [0.4, 0.5) is 0 Å². The summed E-state index contributed by atoms with van der Waals surface area (Å²) in [4.78, 5) is 4.70. The summed E-state index contributed by atoms with van der Waals surface area (Å²) in [6, 6.07) is 8.00. The van der Waals surface area contributed by atoms with E-state index in [0.29, 0.717) is 6.54 Å². The molecule has 0 atom stereocenters. The highest BCUT2D eigenvalue weighted by molar-refractivity contribution is 5.79. The molecule has 2 aromatic rings. The van der Waals surface area contributed by atoms with Crippen molar-refractivity contribution in [3.8, 4) is 5.75 Å². The summed E-state index contributed by atoms with van der Waals surface area (Å²) < 4.78 is 7.20. The Labute approximate surface area is 156 Å². The van der Waals surface area contributed by atoms with Crippen molar-refractivity contribution in [2.24, 2.45) is 12.0 Å². The fraction of sp³-hybridized carbons (Fsp3) is 0.500. The molecule has 0 aliphatic rings. The van der Waals surface area contributed by atoms with Gasteiger partial charge in [-0.2, -0.15) is 5.10 Å². The molecule has 0 saturated heterocycles. The van der Waals surface area contributed by atoms with Gasteiger partial charge in [0.15, 0.2) is 5.96 Å². The normalized spacial score (nSPS) is 11.5. The third-order valence-corrected chi connectivity index (χ3v) is 4.38. The van der Waals surface area contributed by atoms with Gasteiger partial charge in [0.05, 0.1) is 19.3 Å². The number of methoxy groups -OCH3 is 1. The fourth-order valence-corrected chi connectivity index (χ4v) is 3.01. The monoisotopic (exact) mass is 357 g/mol. The largest absolute Gasteiger partial charge is 0.497 e. The third-order valence-electron chi connectivity index (χ3n) is 4.38. The van der Waals surface area contributed by atoms with E-state index in [1.165, 1.54) is 11.3 Å². The molecule has 0 unspecified atom stereocenters. The maximum absolute atomic E-state index is 5.20. The molecule has 0 saturated carbocycles. The zero-order valence-corrected chi connectivity index (χ0v) is 16.6. The van der Waals surface area contributed by atoms with Gasteiger partial charge in [-0.25, -0.2) is 4.99 Å². The molecule has 1 heterocycles. The Morgan fingerprint density at radius 3 is 2.42 bits per heavy atom. The number of nitrogens with zero attached hydrogens (tertiary/aromatic N) is 3. The van der Waals surface area contributed by atoms with Crippen molar-refractivity contribution >= 4 is 5.96 Å². The predicted molar refractivity (Wildman–Crippen MR) is 107 cm³/mol. The van der Waals surface area contributed by atoms with E-state index in [2.05, 4.69) is 36.5 Å². The lowest BCUT2D eigenvalue weighted by molar-refractivity contribution is 0.414. The van der Waals surface area contributed by atoms with E-state index in [0.717, 1.165) is 48.9 Å². The molecule has 1 aromatic carbocycles. The highest BCUT2D eigenvalue weighted by atomic mass is 16.5. The number of aryl methyl sites for hydroxylation is 2. The Morgan fingerprint density at radius 2 is 1.85 bits per heavy atom. The standard InChI is InChI=1S/C20H31N5O/c1-6-18-17(19(7-2)25(4)24-18)14-23-20(21-8-3)22-13-15-9-11-16(26-5)12-10-15/h9-12H,6-8,13-14H2,1-5H3,(H2,21,22,23). The number of aromatic nitrogens is 2. The van der Waals surface area contributed by atoms with Crippen LogP contribution in [0.5, 0.6) is 5.75 Å². The zero-order chi connectivity index (χ0) is 18.9. The van der Waals surface area contributed by atoms with Gasteiger partial charge < -0.3 is 15.4 Å². The predicted octanol–water partition coefficient (Wildman–Crippen LogP) is 2.81. The van der Waals surface area contributed by atoms with Crippen molar-refractivity contribution < 1.29 is 4.74 Å². The second-order valence-electron chi connectivity index (χ2n) is 6.10. The smallest absolute Gasteiger partial charge is 0.191 e. The molecule has 0 radical (unpaired) electrons. The van der Waals surface area contributed by atoms with Gasteiger partial charge in [0.2, 0.25) is 0 Å². The van der Waals surface area contributed by atoms with Gasteiger partial charge in [-0.05, 0) is 37.5 Å². The summed E-state index contributed by atoms with van der Waals surface area (Å²) in [5, 5.41) is 11.4. The first-order valence-corrected chi connectivity index (χ1v) is 9.31. The summed E-state index contributed by atoms with van der Waals surface area (Å²) in [5.41, 5.74) is 4.86. The highest BCUT2D eigenvalue weighted by Gasteiger charge is 2.13. The lowest BCUT2D eigenvalue weighted by atomic mass is 10.1. The minimum absolute atomic E-state index is 0.619. The van der Waals surface area contributed by atoms with E-state index in [-0.39, 0.29) is 0 Å². The molecule has 142 valence electrons. The topological polar surface area (TPSA) is 63.5 Å². The average Bonchev–Trinajstić information content (AvgIpc) is 2.98. The maximum Gasteiger partial charge on any atom is 0.191 e. The molecule has 0 spiro atoms. The van der Waals surface area contributed by atoms with Crippen molar-refractivity contribution in [2.45, 2.75) is 46.7 Å². The molecule has 6 nitrogen and oxygen atoms in total. The fourth-order valence-electron chi connectivity index (χ4n) is 3.01. The highest BCUT2D eigenvalue weighted by Crippen LogP contribution is 2.15. The molecular weight excluding hydrogens is 326 g/mol. The van der Waals surface area contributed by atoms with Crippen molar-refractivity contribution in [1.29, 1.82) is 0 Å². The molecule has 0 aliphatic heterocycles. The Balaban J connectivity index is 2.08. The Bertz CT molecular complexity index is 719. The third kappa shape index (κ3) is 5.00. The van der Waals surface area contributed by atoms with Gasteiger partial charge in [0, 0.05) is 31.4 Å². The molecule has 0 bridgehead atoms. The Kier molecular flexibility index (Phi) is 7.51. The maximum atomic E-state index is 5.20. The van der Waals surface area contributed by atoms with Crippen LogP contribution in [0, 0.1) is 0 Å². The number of aliphatic imine (C=N–C) groups is 1. The average molecular weight is 358 g/mol. The van der Waals surface area contributed by atoms with Crippen LogP contribution in [0.1, 0.15) is 43.3 Å². The van der Waals surface area contributed by atoms with Crippen molar-refractivity contribution in [3.63, 3.8) is 0 Å². The summed E-state index contributed by atoms with van der Waals surface area (Å²) in [5.74, 6) is 1.68. The van der Waals surface area contributed by atoms with Crippen LogP contribution in [0.2, 0.25) is 0 Å². The first kappa shape index (κ1) is 19.8. The molecule has 0 amide bonds. The van der Waals surface area contributed by atoms with Crippen LogP contribution in [-0.2, 0) is 33.0 Å². The summed E-state index contributed by atoms with van der Waals surface area (Å²) >= 11 is 0. The van der Waals surface area contributed by atoms with E-state index in [4.69, 9.17) is 9.73 Å². The van der Waals surface area contributed by atoms with Gasteiger partial charge >= 0.3 is 0 Å². The number of hydrogen-bond acceptors (Lipinski definition) is 3. The van der Waals surface area contributed by atoms with Gasteiger partial charge in [0.1, 0.15) is 5.75 Å². The SMILES string of the molecule is CCNC(=NCc1ccc(OC)cc1)NCc1c(CC)nn(C)c1CC. The zero-order valence-electron chi connectivity index (χ0n) is 16.6. The Morgan fingerprint density at radius 1 is 1.12 bits per heavy atom. The summed E-state index contributed by atoms with van der Waals surface area (Å²) in [6.07, 6.45) is 1.91. The molecular formula is C20H31N5O. The minimum atomic E-state index is 0.619. The summed E-state index contributed by atoms with van der Waals surface area (Å²) in [6.45, 7) is 8.56. The number of benzene rings is 1. The Hall–Kier alpha value is -2.50. The van der Waals surface area contributed by atoms with E-state index in [1.807, 2.05) is 36.0 Å². The molecule has 26 heavy (non-hydrogen) atoms. The second kappa shape index (κ2) is 9.85.